The molecule has 5 heteroatoms. The van der Waals surface area contributed by atoms with Gasteiger partial charge in [-0.05, 0) is 44.7 Å². The number of hydrogen-bond donors (Lipinski definition) is 2. The van der Waals surface area contributed by atoms with E-state index in [0.717, 1.165) is 24.0 Å². The van der Waals surface area contributed by atoms with Crippen molar-refractivity contribution in [2.75, 3.05) is 0 Å². The van der Waals surface area contributed by atoms with Gasteiger partial charge >= 0.3 is 0 Å². The Balaban J connectivity index is 2.15. The topological polar surface area (TPSA) is 89.3 Å². The van der Waals surface area contributed by atoms with Crippen molar-refractivity contribution >= 4 is 17.6 Å². The number of nitrogens with one attached hydrogen (secondary N) is 1. The standard InChI is InChI=1S/C17H22N2O3/c1-10-6-11(2)8-13(7-10)17(22)19-15(16(18)21)12-4-3-5-14(20)9-12/h6-8,12,15H,3-5,9H2,1-2H3,(H2,18,21)(H,19,22)/t12-,15+/m0/s1. The number of carbonyl (C=O) groups excluding carboxylic acids is 3. The fourth-order valence-electron chi connectivity index (χ4n) is 3.09. The summed E-state index contributed by atoms with van der Waals surface area (Å²) >= 11 is 0. The van der Waals surface area contributed by atoms with Crippen LogP contribution in [-0.2, 0) is 9.59 Å². The minimum absolute atomic E-state index is 0.128. The van der Waals surface area contributed by atoms with Crippen LogP contribution in [0.4, 0.5) is 0 Å². The zero-order chi connectivity index (χ0) is 16.3. The fraction of sp³-hybridized carbons (Fsp3) is 0.471. The summed E-state index contributed by atoms with van der Waals surface area (Å²) in [4.78, 5) is 35.7. The Morgan fingerprint density at radius 3 is 2.41 bits per heavy atom. The lowest BCUT2D eigenvalue weighted by Crippen LogP contribution is -2.50. The van der Waals surface area contributed by atoms with Crippen LogP contribution in [0.1, 0.15) is 47.2 Å². The van der Waals surface area contributed by atoms with Gasteiger partial charge in [0.1, 0.15) is 11.8 Å². The predicted molar refractivity (Wildman–Crippen MR) is 83.3 cm³/mol. The Labute approximate surface area is 130 Å². The lowest BCUT2D eigenvalue weighted by atomic mass is 9.82. The Bertz CT molecular complexity index is 590. The van der Waals surface area contributed by atoms with Crippen LogP contribution in [0.15, 0.2) is 18.2 Å². The van der Waals surface area contributed by atoms with Crippen LogP contribution in [0, 0.1) is 19.8 Å². The highest BCUT2D eigenvalue weighted by atomic mass is 16.2. The molecule has 0 aliphatic heterocycles. The van der Waals surface area contributed by atoms with E-state index in [4.69, 9.17) is 5.73 Å². The molecule has 1 aliphatic rings. The summed E-state index contributed by atoms with van der Waals surface area (Å²) in [5, 5.41) is 2.71. The molecule has 0 saturated heterocycles. The van der Waals surface area contributed by atoms with Crippen LogP contribution in [-0.4, -0.2) is 23.6 Å². The molecule has 0 spiro atoms. The number of aryl methyl sites for hydroxylation is 2. The van der Waals surface area contributed by atoms with E-state index in [2.05, 4.69) is 5.32 Å². The molecule has 3 N–H and O–H groups in total. The second kappa shape index (κ2) is 6.73. The van der Waals surface area contributed by atoms with E-state index < -0.39 is 11.9 Å². The number of benzene rings is 1. The molecule has 22 heavy (non-hydrogen) atoms. The fourth-order valence-corrected chi connectivity index (χ4v) is 3.09. The molecular weight excluding hydrogens is 280 g/mol. The highest BCUT2D eigenvalue weighted by Crippen LogP contribution is 2.24. The maximum atomic E-state index is 12.4. The molecule has 1 saturated carbocycles. The van der Waals surface area contributed by atoms with Gasteiger partial charge in [-0.2, -0.15) is 0 Å². The van der Waals surface area contributed by atoms with E-state index in [-0.39, 0.29) is 17.6 Å². The third kappa shape index (κ3) is 3.93. The summed E-state index contributed by atoms with van der Waals surface area (Å²) in [6.07, 6.45) is 2.33. The van der Waals surface area contributed by atoms with Gasteiger partial charge < -0.3 is 11.1 Å². The van der Waals surface area contributed by atoms with Gasteiger partial charge in [0.05, 0.1) is 0 Å². The van der Waals surface area contributed by atoms with Crippen molar-refractivity contribution in [1.29, 1.82) is 0 Å². The SMILES string of the molecule is Cc1cc(C)cc(C(=O)N[C@@H](C(N)=O)[C@H]2CCCC(=O)C2)c1. The smallest absolute Gasteiger partial charge is 0.251 e. The number of amides is 2. The zero-order valence-electron chi connectivity index (χ0n) is 13.0. The van der Waals surface area contributed by atoms with E-state index in [9.17, 15) is 14.4 Å². The van der Waals surface area contributed by atoms with E-state index in [0.29, 0.717) is 18.4 Å². The normalized spacial score (nSPS) is 19.5. The Morgan fingerprint density at radius 1 is 1.23 bits per heavy atom. The monoisotopic (exact) mass is 302 g/mol. The summed E-state index contributed by atoms with van der Waals surface area (Å²) in [6, 6.07) is 4.72. The minimum Gasteiger partial charge on any atom is -0.368 e. The van der Waals surface area contributed by atoms with Gasteiger partial charge in [-0.25, -0.2) is 0 Å². The first kappa shape index (κ1) is 16.2. The number of rotatable bonds is 4. The molecule has 2 rings (SSSR count). The Morgan fingerprint density at radius 2 is 1.86 bits per heavy atom. The maximum absolute atomic E-state index is 12.4. The van der Waals surface area contributed by atoms with Gasteiger partial charge in [-0.1, -0.05) is 17.2 Å². The van der Waals surface area contributed by atoms with Crippen molar-refractivity contribution in [3.63, 3.8) is 0 Å². The van der Waals surface area contributed by atoms with Gasteiger partial charge in [-0.15, -0.1) is 0 Å². The second-order valence-corrected chi connectivity index (χ2v) is 6.12. The van der Waals surface area contributed by atoms with Crippen molar-refractivity contribution < 1.29 is 14.4 Å². The highest BCUT2D eigenvalue weighted by Gasteiger charge is 2.32. The zero-order valence-corrected chi connectivity index (χ0v) is 13.0. The molecule has 1 fully saturated rings. The van der Waals surface area contributed by atoms with Crippen LogP contribution in [0.5, 0.6) is 0 Å². The first-order chi connectivity index (χ1) is 10.4. The van der Waals surface area contributed by atoms with Crippen molar-refractivity contribution in [3.05, 3.63) is 34.9 Å². The third-order valence-corrected chi connectivity index (χ3v) is 4.07. The average molecular weight is 302 g/mol. The van der Waals surface area contributed by atoms with Crippen molar-refractivity contribution in [2.45, 2.75) is 45.6 Å². The first-order valence-electron chi connectivity index (χ1n) is 7.57. The molecule has 0 aromatic heterocycles. The van der Waals surface area contributed by atoms with Gasteiger partial charge in [0.25, 0.3) is 5.91 Å². The number of hydrogen-bond acceptors (Lipinski definition) is 3. The second-order valence-electron chi connectivity index (χ2n) is 6.12. The molecule has 2 atom stereocenters. The molecule has 1 aromatic carbocycles. The summed E-state index contributed by atoms with van der Waals surface area (Å²) in [7, 11) is 0. The largest absolute Gasteiger partial charge is 0.368 e. The molecule has 1 aliphatic carbocycles. The first-order valence-corrected chi connectivity index (χ1v) is 7.57. The van der Waals surface area contributed by atoms with Gasteiger partial charge in [0.15, 0.2) is 0 Å². The van der Waals surface area contributed by atoms with E-state index >= 15 is 0 Å². The average Bonchev–Trinajstić information content (AvgIpc) is 2.43. The van der Waals surface area contributed by atoms with Crippen LogP contribution in [0.25, 0.3) is 0 Å². The Kier molecular flexibility index (Phi) is 4.96. The quantitative estimate of drug-likeness (QED) is 0.886. The lowest BCUT2D eigenvalue weighted by molar-refractivity contribution is -0.124. The van der Waals surface area contributed by atoms with E-state index in [1.807, 2.05) is 19.9 Å². The molecule has 0 unspecified atom stereocenters. The van der Waals surface area contributed by atoms with Crippen LogP contribution >= 0.6 is 0 Å². The molecule has 0 radical (unpaired) electrons. The van der Waals surface area contributed by atoms with Crippen molar-refractivity contribution in [2.24, 2.45) is 11.7 Å². The van der Waals surface area contributed by atoms with Gasteiger partial charge in [0.2, 0.25) is 5.91 Å². The Hall–Kier alpha value is -2.17. The van der Waals surface area contributed by atoms with Gasteiger partial charge in [-0.3, -0.25) is 14.4 Å². The third-order valence-electron chi connectivity index (χ3n) is 4.07. The van der Waals surface area contributed by atoms with Crippen molar-refractivity contribution in [3.8, 4) is 0 Å². The summed E-state index contributed by atoms with van der Waals surface area (Å²) in [6.45, 7) is 3.82. The van der Waals surface area contributed by atoms with Crippen molar-refractivity contribution in [1.82, 2.24) is 5.32 Å². The molecule has 0 bridgehead atoms. The van der Waals surface area contributed by atoms with Crippen LogP contribution in [0.2, 0.25) is 0 Å². The van der Waals surface area contributed by atoms with E-state index in [1.165, 1.54) is 0 Å². The minimum atomic E-state index is -0.794. The molecule has 118 valence electrons. The summed E-state index contributed by atoms with van der Waals surface area (Å²) in [5.41, 5.74) is 7.90. The molecule has 5 nitrogen and oxygen atoms in total. The maximum Gasteiger partial charge on any atom is 0.251 e. The van der Waals surface area contributed by atoms with Gasteiger partial charge in [0, 0.05) is 18.4 Å². The van der Waals surface area contributed by atoms with E-state index in [1.54, 1.807) is 12.1 Å². The number of nitrogens with two attached hydrogens (primary N) is 1. The van der Waals surface area contributed by atoms with Crippen LogP contribution in [0.3, 0.4) is 0 Å². The molecule has 1 aromatic rings. The number of carbonyl (C=O) groups is 3. The lowest BCUT2D eigenvalue weighted by Gasteiger charge is -2.28. The number of ketones is 1. The van der Waals surface area contributed by atoms with Crippen LogP contribution < -0.4 is 11.1 Å². The molecular formula is C17H22N2O3. The predicted octanol–water partition coefficient (Wildman–Crippen LogP) is 1.65. The summed E-state index contributed by atoms with van der Waals surface area (Å²) < 4.78 is 0. The summed E-state index contributed by atoms with van der Waals surface area (Å²) in [5.74, 6) is -0.984. The number of primary amides is 1. The molecule has 0 heterocycles. The number of Topliss-reactive ketones (excluding diaryl/α,β-unsaturated/α-hetero) is 1. The highest BCUT2D eigenvalue weighted by molar-refractivity contribution is 5.98. The molecule has 2 amide bonds.